The molecular weight excluding hydrogens is 420 g/mol. The van der Waals surface area contributed by atoms with Gasteiger partial charge in [-0.05, 0) is 48.9 Å². The molecular formula is C26H32N2O5. The molecule has 0 spiro atoms. The molecule has 0 aromatic heterocycles. The monoisotopic (exact) mass is 452 g/mol. The van der Waals surface area contributed by atoms with E-state index in [2.05, 4.69) is 34.9 Å². The molecule has 176 valence electrons. The second-order valence-corrected chi connectivity index (χ2v) is 9.08. The lowest BCUT2D eigenvalue weighted by Gasteiger charge is -2.26. The van der Waals surface area contributed by atoms with Crippen LogP contribution in [-0.4, -0.2) is 41.3 Å². The standard InChI is InChI=1S/C26H32N2O5/c1-4-9-22(24(30)31)27-23(29)14-15-26(2,3)28-25(32)33-16-21-19-12-7-5-10-17(19)18-11-6-8-13-20(18)21/h5-8,10-13,21-22H,4,9,14-16H2,1-3H3,(H,27,29)(H,28,32)(H,30,31)/t22-/m0/s1. The number of hydrogen-bond acceptors (Lipinski definition) is 4. The predicted octanol–water partition coefficient (Wildman–Crippen LogP) is 4.45. The number of benzene rings is 2. The highest BCUT2D eigenvalue weighted by molar-refractivity contribution is 5.83. The molecule has 0 aliphatic heterocycles. The third-order valence-corrected chi connectivity index (χ3v) is 5.97. The van der Waals surface area contributed by atoms with Crippen LogP contribution in [0.3, 0.4) is 0 Å². The number of alkyl carbamates (subject to hydrolysis) is 1. The number of fused-ring (bicyclic) bond motifs is 3. The summed E-state index contributed by atoms with van der Waals surface area (Å²) in [5.41, 5.74) is 3.92. The van der Waals surface area contributed by atoms with Crippen molar-refractivity contribution in [2.24, 2.45) is 0 Å². The van der Waals surface area contributed by atoms with Crippen molar-refractivity contribution in [2.75, 3.05) is 6.61 Å². The molecule has 0 bridgehead atoms. The minimum absolute atomic E-state index is 0.0245. The Balaban J connectivity index is 1.52. The summed E-state index contributed by atoms with van der Waals surface area (Å²) in [4.78, 5) is 35.9. The van der Waals surface area contributed by atoms with Gasteiger partial charge in [0.05, 0.1) is 0 Å². The van der Waals surface area contributed by atoms with Gasteiger partial charge in [-0.25, -0.2) is 9.59 Å². The van der Waals surface area contributed by atoms with E-state index >= 15 is 0 Å². The molecule has 0 fully saturated rings. The number of ether oxygens (including phenoxy) is 1. The first-order valence-corrected chi connectivity index (χ1v) is 11.4. The Labute approximate surface area is 194 Å². The average Bonchev–Trinajstić information content (AvgIpc) is 3.09. The lowest BCUT2D eigenvalue weighted by molar-refractivity contribution is -0.142. The molecule has 2 amide bonds. The Morgan fingerprint density at radius 1 is 1.03 bits per heavy atom. The summed E-state index contributed by atoms with van der Waals surface area (Å²) in [6.45, 7) is 5.70. The maximum Gasteiger partial charge on any atom is 0.407 e. The van der Waals surface area contributed by atoms with Crippen LogP contribution in [0.5, 0.6) is 0 Å². The first-order chi connectivity index (χ1) is 15.7. The molecule has 3 rings (SSSR count). The summed E-state index contributed by atoms with van der Waals surface area (Å²) < 4.78 is 5.58. The average molecular weight is 453 g/mol. The van der Waals surface area contributed by atoms with Gasteiger partial charge in [-0.3, -0.25) is 4.79 Å². The van der Waals surface area contributed by atoms with Gasteiger partial charge >= 0.3 is 12.1 Å². The number of nitrogens with one attached hydrogen (secondary N) is 2. The molecule has 1 aliphatic rings. The Kier molecular flexibility index (Phi) is 7.74. The maximum atomic E-state index is 12.5. The van der Waals surface area contributed by atoms with Crippen LogP contribution in [0.4, 0.5) is 4.79 Å². The van der Waals surface area contributed by atoms with Crippen molar-refractivity contribution in [3.8, 4) is 11.1 Å². The molecule has 0 unspecified atom stereocenters. The molecule has 0 saturated heterocycles. The first-order valence-electron chi connectivity index (χ1n) is 11.4. The van der Waals surface area contributed by atoms with E-state index in [0.29, 0.717) is 19.3 Å². The van der Waals surface area contributed by atoms with Crippen LogP contribution in [-0.2, 0) is 14.3 Å². The van der Waals surface area contributed by atoms with E-state index in [-0.39, 0.29) is 24.9 Å². The van der Waals surface area contributed by atoms with Gasteiger partial charge in [0.15, 0.2) is 0 Å². The molecule has 1 aliphatic carbocycles. The minimum atomic E-state index is -1.04. The van der Waals surface area contributed by atoms with Gasteiger partial charge < -0.3 is 20.5 Å². The summed E-state index contributed by atoms with van der Waals surface area (Å²) >= 11 is 0. The normalized spacial score (nSPS) is 13.5. The van der Waals surface area contributed by atoms with Gasteiger partial charge in [0.2, 0.25) is 5.91 Å². The van der Waals surface area contributed by atoms with Crippen LogP contribution >= 0.6 is 0 Å². The van der Waals surface area contributed by atoms with Crippen molar-refractivity contribution in [1.82, 2.24) is 10.6 Å². The number of carbonyl (C=O) groups is 3. The Bertz CT molecular complexity index is 972. The molecule has 3 N–H and O–H groups in total. The number of amides is 2. The molecule has 2 aromatic rings. The van der Waals surface area contributed by atoms with Gasteiger partial charge in [-0.15, -0.1) is 0 Å². The van der Waals surface area contributed by atoms with Crippen LogP contribution in [0.2, 0.25) is 0 Å². The van der Waals surface area contributed by atoms with E-state index in [1.165, 1.54) is 0 Å². The summed E-state index contributed by atoms with van der Waals surface area (Å²) in [6.07, 6.45) is 0.942. The second-order valence-electron chi connectivity index (χ2n) is 9.08. The number of carbonyl (C=O) groups excluding carboxylic acids is 2. The molecule has 1 atom stereocenters. The zero-order valence-electron chi connectivity index (χ0n) is 19.4. The van der Waals surface area contributed by atoms with E-state index in [4.69, 9.17) is 4.74 Å². The number of carboxylic acid groups (broad SMARTS) is 1. The molecule has 0 heterocycles. The lowest BCUT2D eigenvalue weighted by Crippen LogP contribution is -2.46. The van der Waals surface area contributed by atoms with E-state index in [1.54, 1.807) is 0 Å². The fourth-order valence-electron chi connectivity index (χ4n) is 4.21. The van der Waals surface area contributed by atoms with Crippen molar-refractivity contribution >= 4 is 18.0 Å². The third-order valence-electron chi connectivity index (χ3n) is 5.97. The van der Waals surface area contributed by atoms with Crippen molar-refractivity contribution in [2.45, 2.75) is 64.0 Å². The minimum Gasteiger partial charge on any atom is -0.480 e. The SMILES string of the molecule is CCC[C@H](NC(=O)CCC(C)(C)NC(=O)OCC1c2ccccc2-c2ccccc21)C(=O)O. The molecule has 0 saturated carbocycles. The summed E-state index contributed by atoms with van der Waals surface area (Å²) in [6, 6.07) is 15.4. The van der Waals surface area contributed by atoms with E-state index in [9.17, 15) is 19.5 Å². The number of carboxylic acids is 1. The Morgan fingerprint density at radius 3 is 2.15 bits per heavy atom. The van der Waals surface area contributed by atoms with Crippen LogP contribution in [0.25, 0.3) is 11.1 Å². The number of aliphatic carboxylic acids is 1. The number of rotatable bonds is 10. The summed E-state index contributed by atoms with van der Waals surface area (Å²) in [5, 5.41) is 14.6. The molecule has 2 aromatic carbocycles. The van der Waals surface area contributed by atoms with Crippen LogP contribution in [0.15, 0.2) is 48.5 Å². The topological polar surface area (TPSA) is 105 Å². The van der Waals surface area contributed by atoms with E-state index < -0.39 is 23.6 Å². The highest BCUT2D eigenvalue weighted by atomic mass is 16.5. The summed E-state index contributed by atoms with van der Waals surface area (Å²) in [7, 11) is 0. The van der Waals surface area contributed by atoms with Crippen molar-refractivity contribution in [1.29, 1.82) is 0 Å². The largest absolute Gasteiger partial charge is 0.480 e. The maximum absolute atomic E-state index is 12.5. The Hall–Kier alpha value is -3.35. The fraction of sp³-hybridized carbons (Fsp3) is 0.423. The van der Waals surface area contributed by atoms with Crippen molar-refractivity contribution in [3.05, 3.63) is 59.7 Å². The highest BCUT2D eigenvalue weighted by Crippen LogP contribution is 2.44. The predicted molar refractivity (Wildman–Crippen MR) is 126 cm³/mol. The number of hydrogen-bond donors (Lipinski definition) is 3. The second kappa shape index (κ2) is 10.5. The van der Waals surface area contributed by atoms with Crippen LogP contribution in [0.1, 0.15) is 63.5 Å². The molecule has 33 heavy (non-hydrogen) atoms. The Morgan fingerprint density at radius 2 is 1.61 bits per heavy atom. The lowest BCUT2D eigenvalue weighted by atomic mass is 9.98. The van der Waals surface area contributed by atoms with Crippen molar-refractivity contribution < 1.29 is 24.2 Å². The fourth-order valence-corrected chi connectivity index (χ4v) is 4.21. The van der Waals surface area contributed by atoms with Gasteiger partial charge in [-0.1, -0.05) is 61.9 Å². The van der Waals surface area contributed by atoms with Gasteiger partial charge in [0, 0.05) is 17.9 Å². The quantitative estimate of drug-likeness (QED) is 0.494. The molecule has 7 nitrogen and oxygen atoms in total. The molecule has 7 heteroatoms. The molecule has 0 radical (unpaired) electrons. The van der Waals surface area contributed by atoms with Crippen molar-refractivity contribution in [3.63, 3.8) is 0 Å². The first kappa shape index (κ1) is 24.3. The highest BCUT2D eigenvalue weighted by Gasteiger charge is 2.30. The van der Waals surface area contributed by atoms with Gasteiger partial charge in [-0.2, -0.15) is 0 Å². The van der Waals surface area contributed by atoms with E-state index in [0.717, 1.165) is 22.3 Å². The third kappa shape index (κ3) is 6.12. The van der Waals surface area contributed by atoms with Gasteiger partial charge in [0.1, 0.15) is 12.6 Å². The van der Waals surface area contributed by atoms with Crippen LogP contribution in [0, 0.1) is 0 Å². The summed E-state index contributed by atoms with van der Waals surface area (Å²) in [5.74, 6) is -1.41. The van der Waals surface area contributed by atoms with Gasteiger partial charge in [0.25, 0.3) is 0 Å². The van der Waals surface area contributed by atoms with Crippen LogP contribution < -0.4 is 10.6 Å². The zero-order valence-corrected chi connectivity index (χ0v) is 19.4. The smallest absolute Gasteiger partial charge is 0.407 e. The van der Waals surface area contributed by atoms with E-state index in [1.807, 2.05) is 45.0 Å². The zero-order chi connectivity index (χ0) is 24.0.